The molecule has 0 spiro atoms. The summed E-state index contributed by atoms with van der Waals surface area (Å²) < 4.78 is 0. The molecule has 1 aromatic rings. The number of pyridine rings is 1. The molecule has 1 radical (unpaired) electrons. The van der Waals surface area contributed by atoms with E-state index in [-0.39, 0.29) is 5.91 Å². The second-order valence-electron chi connectivity index (χ2n) is 3.40. The zero-order valence-electron chi connectivity index (χ0n) is 8.02. The Balaban J connectivity index is 2.07. The molecule has 2 rings (SSSR count). The molecule has 0 N–H and O–H groups in total. The quantitative estimate of drug-likeness (QED) is 0.671. The van der Waals surface area contributed by atoms with E-state index >= 15 is 0 Å². The number of likely N-dealkylation sites (tertiary alicyclic amines) is 1. The van der Waals surface area contributed by atoms with Crippen LogP contribution >= 0.6 is 0 Å². The van der Waals surface area contributed by atoms with Crippen LogP contribution in [0.1, 0.15) is 23.2 Å². The van der Waals surface area contributed by atoms with Crippen LogP contribution in [0.2, 0.25) is 0 Å². The van der Waals surface area contributed by atoms with Crippen molar-refractivity contribution in [2.75, 3.05) is 13.1 Å². The second-order valence-corrected chi connectivity index (χ2v) is 3.40. The highest BCUT2D eigenvalue weighted by atomic mass is 16.2. The highest BCUT2D eigenvalue weighted by molar-refractivity contribution is 5.93. The molecule has 1 fully saturated rings. The maximum Gasteiger partial charge on any atom is 0.255 e. The third-order valence-electron chi connectivity index (χ3n) is 2.40. The Hall–Kier alpha value is -1.38. The highest BCUT2D eigenvalue weighted by Crippen LogP contribution is 2.11. The number of nitrogens with zero attached hydrogens (tertiary/aromatic N) is 2. The molecule has 1 saturated heterocycles. The van der Waals surface area contributed by atoms with Gasteiger partial charge in [0, 0.05) is 25.5 Å². The van der Waals surface area contributed by atoms with Crippen LogP contribution in [0, 0.1) is 6.42 Å². The number of aromatic nitrogens is 1. The van der Waals surface area contributed by atoms with E-state index in [4.69, 9.17) is 0 Å². The first kappa shape index (κ1) is 9.19. The number of amides is 1. The minimum Gasteiger partial charge on any atom is -0.339 e. The summed E-state index contributed by atoms with van der Waals surface area (Å²) in [5, 5.41) is 0. The molecule has 3 nitrogen and oxygen atoms in total. The molecule has 1 aromatic heterocycles. The SMILES string of the molecule is O=C(c1cccnc1)N1CC[CH]CC1. The fourth-order valence-electron chi connectivity index (χ4n) is 1.63. The first-order chi connectivity index (χ1) is 6.88. The molecule has 0 unspecified atom stereocenters. The lowest BCUT2D eigenvalue weighted by Crippen LogP contribution is -2.35. The standard InChI is InChI=1S/C11H13N2O/c14-11(10-5-4-6-12-9-10)13-7-2-1-3-8-13/h1,4-6,9H,2-3,7-8H2. The van der Waals surface area contributed by atoms with Gasteiger partial charge in [-0.2, -0.15) is 0 Å². The first-order valence-corrected chi connectivity index (χ1v) is 4.89. The third kappa shape index (κ3) is 1.92. The maximum atomic E-state index is 11.9. The molecule has 73 valence electrons. The van der Waals surface area contributed by atoms with Crippen molar-refractivity contribution >= 4 is 5.91 Å². The minimum atomic E-state index is 0.103. The number of hydrogen-bond donors (Lipinski definition) is 0. The lowest BCUT2D eigenvalue weighted by Gasteiger charge is -2.26. The van der Waals surface area contributed by atoms with E-state index < -0.39 is 0 Å². The van der Waals surface area contributed by atoms with E-state index in [9.17, 15) is 4.79 Å². The number of piperidine rings is 1. The van der Waals surface area contributed by atoms with E-state index in [0.717, 1.165) is 25.9 Å². The molecule has 0 saturated carbocycles. The summed E-state index contributed by atoms with van der Waals surface area (Å²) in [4.78, 5) is 17.7. The van der Waals surface area contributed by atoms with Crippen molar-refractivity contribution in [3.8, 4) is 0 Å². The summed E-state index contributed by atoms with van der Waals surface area (Å²) in [5.74, 6) is 0.103. The molecule has 0 atom stereocenters. The van der Waals surface area contributed by atoms with E-state index in [2.05, 4.69) is 11.4 Å². The molecule has 1 aliphatic heterocycles. The molecule has 0 aromatic carbocycles. The van der Waals surface area contributed by atoms with Crippen LogP contribution in [0.4, 0.5) is 0 Å². The van der Waals surface area contributed by atoms with Gasteiger partial charge in [0.15, 0.2) is 0 Å². The number of carbonyl (C=O) groups excluding carboxylic acids is 1. The molecule has 1 aliphatic rings. The Morgan fingerprint density at radius 1 is 1.36 bits per heavy atom. The van der Waals surface area contributed by atoms with Gasteiger partial charge in [-0.3, -0.25) is 9.78 Å². The van der Waals surface area contributed by atoms with Crippen LogP contribution in [0.15, 0.2) is 24.5 Å². The monoisotopic (exact) mass is 189 g/mol. The second kappa shape index (κ2) is 4.22. The van der Waals surface area contributed by atoms with Gasteiger partial charge in [0.05, 0.1) is 5.56 Å². The highest BCUT2D eigenvalue weighted by Gasteiger charge is 2.17. The number of carbonyl (C=O) groups is 1. The Bertz CT molecular complexity index is 304. The maximum absolute atomic E-state index is 11.9. The van der Waals surface area contributed by atoms with Crippen molar-refractivity contribution in [2.45, 2.75) is 12.8 Å². The normalized spacial score (nSPS) is 16.7. The predicted molar refractivity (Wildman–Crippen MR) is 53.7 cm³/mol. The van der Waals surface area contributed by atoms with Crippen LogP contribution in [0.5, 0.6) is 0 Å². The van der Waals surface area contributed by atoms with Gasteiger partial charge in [-0.1, -0.05) is 0 Å². The van der Waals surface area contributed by atoms with E-state index in [1.165, 1.54) is 0 Å². The largest absolute Gasteiger partial charge is 0.339 e. The fourth-order valence-corrected chi connectivity index (χ4v) is 1.63. The molecule has 2 heterocycles. The zero-order valence-corrected chi connectivity index (χ0v) is 8.02. The van der Waals surface area contributed by atoms with Gasteiger partial charge in [-0.05, 0) is 31.4 Å². The molecule has 0 bridgehead atoms. The average Bonchev–Trinajstić information content (AvgIpc) is 2.30. The third-order valence-corrected chi connectivity index (χ3v) is 2.40. The van der Waals surface area contributed by atoms with Crippen LogP contribution in [0.25, 0.3) is 0 Å². The Labute approximate surface area is 83.8 Å². The predicted octanol–water partition coefficient (Wildman–Crippen LogP) is 1.52. The van der Waals surface area contributed by atoms with E-state index in [0.29, 0.717) is 5.56 Å². The van der Waals surface area contributed by atoms with Crippen LogP contribution in [-0.2, 0) is 0 Å². The van der Waals surface area contributed by atoms with E-state index in [1.807, 2.05) is 11.0 Å². The number of hydrogen-bond acceptors (Lipinski definition) is 2. The summed E-state index contributed by atoms with van der Waals surface area (Å²) in [6.45, 7) is 1.68. The molecule has 14 heavy (non-hydrogen) atoms. The van der Waals surface area contributed by atoms with Crippen molar-refractivity contribution in [1.29, 1.82) is 0 Å². The minimum absolute atomic E-state index is 0.103. The molecule has 3 heteroatoms. The lowest BCUT2D eigenvalue weighted by atomic mass is 10.1. The van der Waals surface area contributed by atoms with Gasteiger partial charge in [0.25, 0.3) is 5.91 Å². The van der Waals surface area contributed by atoms with Crippen molar-refractivity contribution in [3.05, 3.63) is 36.5 Å². The molecular weight excluding hydrogens is 176 g/mol. The van der Waals surface area contributed by atoms with Crippen LogP contribution in [0.3, 0.4) is 0 Å². The van der Waals surface area contributed by atoms with Gasteiger partial charge in [-0.15, -0.1) is 0 Å². The molecule has 0 aliphatic carbocycles. The van der Waals surface area contributed by atoms with Gasteiger partial charge >= 0.3 is 0 Å². The number of rotatable bonds is 1. The zero-order chi connectivity index (χ0) is 9.80. The summed E-state index contributed by atoms with van der Waals surface area (Å²) in [6, 6.07) is 3.61. The Morgan fingerprint density at radius 2 is 2.14 bits per heavy atom. The van der Waals surface area contributed by atoms with Crippen molar-refractivity contribution < 1.29 is 4.79 Å². The van der Waals surface area contributed by atoms with Gasteiger partial charge in [0.1, 0.15) is 0 Å². The van der Waals surface area contributed by atoms with Crippen LogP contribution < -0.4 is 0 Å². The summed E-state index contributed by atoms with van der Waals surface area (Å²) in [6.07, 6.45) is 7.55. The van der Waals surface area contributed by atoms with Crippen molar-refractivity contribution in [3.63, 3.8) is 0 Å². The average molecular weight is 189 g/mol. The van der Waals surface area contributed by atoms with Crippen molar-refractivity contribution in [2.24, 2.45) is 0 Å². The summed E-state index contributed by atoms with van der Waals surface area (Å²) >= 11 is 0. The Morgan fingerprint density at radius 3 is 2.79 bits per heavy atom. The van der Waals surface area contributed by atoms with E-state index in [1.54, 1.807) is 18.5 Å². The molecular formula is C11H13N2O. The molecule has 1 amide bonds. The van der Waals surface area contributed by atoms with Gasteiger partial charge < -0.3 is 4.90 Å². The Kier molecular flexibility index (Phi) is 2.77. The summed E-state index contributed by atoms with van der Waals surface area (Å²) in [7, 11) is 0. The fraction of sp³-hybridized carbons (Fsp3) is 0.364. The summed E-state index contributed by atoms with van der Waals surface area (Å²) in [5.41, 5.74) is 0.689. The first-order valence-electron chi connectivity index (χ1n) is 4.89. The van der Waals surface area contributed by atoms with Crippen LogP contribution in [-0.4, -0.2) is 28.9 Å². The van der Waals surface area contributed by atoms with Gasteiger partial charge in [-0.25, -0.2) is 0 Å². The van der Waals surface area contributed by atoms with Gasteiger partial charge in [0.2, 0.25) is 0 Å². The topological polar surface area (TPSA) is 33.2 Å². The smallest absolute Gasteiger partial charge is 0.255 e. The lowest BCUT2D eigenvalue weighted by molar-refractivity contribution is 0.0741. The van der Waals surface area contributed by atoms with Crippen molar-refractivity contribution in [1.82, 2.24) is 9.88 Å².